The molecule has 2 aliphatic heterocycles. The van der Waals surface area contributed by atoms with Crippen molar-refractivity contribution in [1.29, 1.82) is 0 Å². The zero-order valence-corrected chi connectivity index (χ0v) is 12.0. The molecule has 17 heavy (non-hydrogen) atoms. The Kier molecular flexibility index (Phi) is 3.81. The van der Waals surface area contributed by atoms with Crippen molar-refractivity contribution in [2.75, 3.05) is 19.7 Å². The Labute approximate surface area is 106 Å². The average Bonchev–Trinajstić information content (AvgIpc) is 2.60. The first-order valence-electron chi connectivity index (χ1n) is 7.07. The summed E-state index contributed by atoms with van der Waals surface area (Å²) in [6, 6.07) is 1.23. The van der Waals surface area contributed by atoms with E-state index < -0.39 is 0 Å². The van der Waals surface area contributed by atoms with Crippen LogP contribution in [-0.2, 0) is 4.74 Å². The van der Waals surface area contributed by atoms with Crippen LogP contribution in [0.25, 0.3) is 0 Å². The summed E-state index contributed by atoms with van der Waals surface area (Å²) in [5.74, 6) is 0.700. The monoisotopic (exact) mass is 240 g/mol. The van der Waals surface area contributed by atoms with Crippen molar-refractivity contribution < 1.29 is 4.74 Å². The van der Waals surface area contributed by atoms with Crippen LogP contribution in [0, 0.1) is 5.92 Å². The van der Waals surface area contributed by atoms with Crippen molar-refractivity contribution in [3.63, 3.8) is 0 Å². The molecular formula is C14H28N2O. The van der Waals surface area contributed by atoms with Crippen LogP contribution in [0.4, 0.5) is 0 Å². The molecule has 3 heteroatoms. The standard InChI is InChI=1S/C14H28N2O/c1-10(2)13-9-16(11(3)8-15-13)14(5)6-7-17-12(14)4/h10-13,15H,6-9H2,1-5H3. The molecule has 0 aromatic rings. The molecule has 2 saturated heterocycles. The highest BCUT2D eigenvalue weighted by Crippen LogP contribution is 2.34. The SMILES string of the molecule is CC(C)C1CN(C2(C)CCOC2C)C(C)CN1. The van der Waals surface area contributed by atoms with E-state index in [1.54, 1.807) is 0 Å². The van der Waals surface area contributed by atoms with Crippen LogP contribution in [0.5, 0.6) is 0 Å². The van der Waals surface area contributed by atoms with Gasteiger partial charge < -0.3 is 10.1 Å². The van der Waals surface area contributed by atoms with Gasteiger partial charge in [-0.3, -0.25) is 4.90 Å². The van der Waals surface area contributed by atoms with Gasteiger partial charge in [0.1, 0.15) is 0 Å². The van der Waals surface area contributed by atoms with Gasteiger partial charge in [-0.05, 0) is 33.1 Å². The molecule has 0 saturated carbocycles. The number of ether oxygens (including phenoxy) is 1. The predicted octanol–water partition coefficient (Wildman–Crippen LogP) is 1.87. The molecule has 1 N–H and O–H groups in total. The van der Waals surface area contributed by atoms with E-state index in [1.165, 1.54) is 6.42 Å². The molecule has 0 spiro atoms. The van der Waals surface area contributed by atoms with Crippen molar-refractivity contribution in [3.8, 4) is 0 Å². The van der Waals surface area contributed by atoms with Crippen molar-refractivity contribution in [2.45, 2.75) is 64.8 Å². The van der Waals surface area contributed by atoms with E-state index in [2.05, 4.69) is 44.8 Å². The van der Waals surface area contributed by atoms with Crippen LogP contribution in [-0.4, -0.2) is 48.3 Å². The smallest absolute Gasteiger partial charge is 0.0728 e. The second kappa shape index (κ2) is 4.87. The maximum Gasteiger partial charge on any atom is 0.0728 e. The quantitative estimate of drug-likeness (QED) is 0.797. The zero-order valence-electron chi connectivity index (χ0n) is 12.0. The second-order valence-electron chi connectivity index (χ2n) is 6.38. The van der Waals surface area contributed by atoms with E-state index in [4.69, 9.17) is 4.74 Å². The maximum atomic E-state index is 5.80. The Morgan fingerprint density at radius 3 is 2.59 bits per heavy atom. The Morgan fingerprint density at radius 1 is 1.35 bits per heavy atom. The number of nitrogens with one attached hydrogen (secondary N) is 1. The molecule has 0 amide bonds. The van der Waals surface area contributed by atoms with Gasteiger partial charge in [0.15, 0.2) is 0 Å². The van der Waals surface area contributed by atoms with Crippen LogP contribution in [0.15, 0.2) is 0 Å². The Balaban J connectivity index is 2.12. The Hall–Kier alpha value is -0.120. The number of hydrogen-bond acceptors (Lipinski definition) is 3. The first-order chi connectivity index (χ1) is 7.95. The van der Waals surface area contributed by atoms with Crippen molar-refractivity contribution in [2.24, 2.45) is 5.92 Å². The van der Waals surface area contributed by atoms with Gasteiger partial charge in [0.25, 0.3) is 0 Å². The predicted molar refractivity (Wildman–Crippen MR) is 71.2 cm³/mol. The third-order valence-electron chi connectivity index (χ3n) is 4.91. The molecule has 2 fully saturated rings. The molecule has 0 bridgehead atoms. The summed E-state index contributed by atoms with van der Waals surface area (Å²) in [7, 11) is 0. The van der Waals surface area contributed by atoms with Crippen LogP contribution >= 0.6 is 0 Å². The maximum absolute atomic E-state index is 5.80. The van der Waals surface area contributed by atoms with Crippen LogP contribution in [0.1, 0.15) is 41.0 Å². The van der Waals surface area contributed by atoms with Crippen molar-refractivity contribution >= 4 is 0 Å². The fraction of sp³-hybridized carbons (Fsp3) is 1.00. The fourth-order valence-corrected chi connectivity index (χ4v) is 3.25. The van der Waals surface area contributed by atoms with E-state index >= 15 is 0 Å². The van der Waals surface area contributed by atoms with Crippen LogP contribution in [0.2, 0.25) is 0 Å². The van der Waals surface area contributed by atoms with Gasteiger partial charge in [0, 0.05) is 37.3 Å². The lowest BCUT2D eigenvalue weighted by Crippen LogP contribution is -2.65. The highest BCUT2D eigenvalue weighted by atomic mass is 16.5. The molecule has 100 valence electrons. The van der Waals surface area contributed by atoms with E-state index in [9.17, 15) is 0 Å². The normalized spacial score (nSPS) is 44.5. The lowest BCUT2D eigenvalue weighted by Gasteiger charge is -2.50. The first kappa shape index (κ1) is 13.3. The average molecular weight is 240 g/mol. The summed E-state index contributed by atoms with van der Waals surface area (Å²) >= 11 is 0. The van der Waals surface area contributed by atoms with E-state index in [0.717, 1.165) is 19.7 Å². The molecular weight excluding hydrogens is 212 g/mol. The summed E-state index contributed by atoms with van der Waals surface area (Å²) in [5, 5.41) is 3.67. The van der Waals surface area contributed by atoms with E-state index in [-0.39, 0.29) is 5.54 Å². The first-order valence-corrected chi connectivity index (χ1v) is 7.07. The third kappa shape index (κ3) is 2.38. The van der Waals surface area contributed by atoms with Gasteiger partial charge >= 0.3 is 0 Å². The van der Waals surface area contributed by atoms with Gasteiger partial charge in [0.2, 0.25) is 0 Å². The van der Waals surface area contributed by atoms with Gasteiger partial charge in [-0.15, -0.1) is 0 Å². The number of rotatable bonds is 2. The fourth-order valence-electron chi connectivity index (χ4n) is 3.25. The highest BCUT2D eigenvalue weighted by Gasteiger charge is 2.46. The number of nitrogens with zero attached hydrogens (tertiary/aromatic N) is 1. The molecule has 2 rings (SSSR count). The largest absolute Gasteiger partial charge is 0.377 e. The molecule has 0 aliphatic carbocycles. The van der Waals surface area contributed by atoms with Gasteiger partial charge in [-0.25, -0.2) is 0 Å². The Bertz CT molecular complexity index is 269. The summed E-state index contributed by atoms with van der Waals surface area (Å²) in [6.45, 7) is 14.7. The molecule has 0 aromatic heterocycles. The lowest BCUT2D eigenvalue weighted by molar-refractivity contribution is -0.0243. The zero-order chi connectivity index (χ0) is 12.6. The molecule has 2 aliphatic rings. The van der Waals surface area contributed by atoms with E-state index in [0.29, 0.717) is 24.1 Å². The summed E-state index contributed by atoms with van der Waals surface area (Å²) < 4.78 is 5.80. The van der Waals surface area contributed by atoms with E-state index in [1.807, 2.05) is 0 Å². The van der Waals surface area contributed by atoms with Crippen molar-refractivity contribution in [3.05, 3.63) is 0 Å². The summed E-state index contributed by atoms with van der Waals surface area (Å²) in [5.41, 5.74) is 0.231. The van der Waals surface area contributed by atoms with Crippen LogP contribution in [0.3, 0.4) is 0 Å². The van der Waals surface area contributed by atoms with Gasteiger partial charge in [-0.1, -0.05) is 13.8 Å². The molecule has 0 aromatic carbocycles. The molecule has 3 nitrogen and oxygen atoms in total. The second-order valence-corrected chi connectivity index (χ2v) is 6.38. The van der Waals surface area contributed by atoms with Gasteiger partial charge in [-0.2, -0.15) is 0 Å². The summed E-state index contributed by atoms with van der Waals surface area (Å²) in [4.78, 5) is 2.69. The third-order valence-corrected chi connectivity index (χ3v) is 4.91. The summed E-state index contributed by atoms with van der Waals surface area (Å²) in [6.07, 6.45) is 1.53. The number of hydrogen-bond donors (Lipinski definition) is 1. The highest BCUT2D eigenvalue weighted by molar-refractivity contribution is 5.01. The Morgan fingerprint density at radius 2 is 2.06 bits per heavy atom. The topological polar surface area (TPSA) is 24.5 Å². The van der Waals surface area contributed by atoms with Crippen LogP contribution < -0.4 is 5.32 Å². The van der Waals surface area contributed by atoms with Crippen molar-refractivity contribution in [1.82, 2.24) is 10.2 Å². The minimum Gasteiger partial charge on any atom is -0.377 e. The molecule has 0 radical (unpaired) electrons. The minimum absolute atomic E-state index is 0.231. The molecule has 2 heterocycles. The molecule has 4 unspecified atom stereocenters. The lowest BCUT2D eigenvalue weighted by atomic mass is 9.87. The minimum atomic E-state index is 0.231. The molecule has 4 atom stereocenters. The van der Waals surface area contributed by atoms with Gasteiger partial charge in [0.05, 0.1) is 6.10 Å². The number of piperazine rings is 1.